The molecular formula is C17H14ClN3O3S. The summed E-state index contributed by atoms with van der Waals surface area (Å²) in [5.74, 6) is -0.825. The Kier molecular flexibility index (Phi) is 4.61. The van der Waals surface area contributed by atoms with Crippen LogP contribution in [0, 0.1) is 6.92 Å². The summed E-state index contributed by atoms with van der Waals surface area (Å²) in [5, 5.41) is 4.28. The fraction of sp³-hybridized carbons (Fsp3) is 0.0588. The number of carbonyl (C=O) groups excluding carboxylic acids is 1. The van der Waals surface area contributed by atoms with Gasteiger partial charge in [0.1, 0.15) is 10.7 Å². The second-order valence-corrected chi connectivity index (χ2v) is 7.29. The maximum atomic E-state index is 12.5. The van der Waals surface area contributed by atoms with E-state index in [0.29, 0.717) is 11.4 Å². The highest BCUT2D eigenvalue weighted by Crippen LogP contribution is 2.24. The zero-order valence-corrected chi connectivity index (χ0v) is 14.8. The van der Waals surface area contributed by atoms with Gasteiger partial charge in [-0.3, -0.25) is 4.79 Å². The predicted octanol–water partition coefficient (Wildman–Crippen LogP) is 2.95. The Labute approximate surface area is 150 Å². The van der Waals surface area contributed by atoms with Crippen molar-refractivity contribution in [3.63, 3.8) is 0 Å². The van der Waals surface area contributed by atoms with Gasteiger partial charge in [0, 0.05) is 0 Å². The molecule has 2 aromatic carbocycles. The van der Waals surface area contributed by atoms with Crippen molar-refractivity contribution < 1.29 is 13.2 Å². The number of nitrogens with one attached hydrogen (secondary N) is 1. The molecule has 8 heteroatoms. The van der Waals surface area contributed by atoms with Gasteiger partial charge in [-0.05, 0) is 31.2 Å². The van der Waals surface area contributed by atoms with Crippen molar-refractivity contribution in [2.45, 2.75) is 11.8 Å². The topological polar surface area (TPSA) is 81.1 Å². The summed E-state index contributed by atoms with van der Waals surface area (Å²) in [6.07, 6.45) is 0. The molecule has 1 N–H and O–H groups in total. The van der Waals surface area contributed by atoms with Crippen LogP contribution in [0.4, 0.5) is 0 Å². The molecule has 0 saturated carbocycles. The van der Waals surface area contributed by atoms with E-state index in [1.54, 1.807) is 37.3 Å². The number of hydrogen-bond acceptors (Lipinski definition) is 4. The van der Waals surface area contributed by atoms with Crippen LogP contribution in [0.3, 0.4) is 0 Å². The molecule has 3 aromatic rings. The number of aryl methyl sites for hydroxylation is 1. The molecule has 25 heavy (non-hydrogen) atoms. The van der Waals surface area contributed by atoms with E-state index >= 15 is 0 Å². The molecule has 3 rings (SSSR count). The summed E-state index contributed by atoms with van der Waals surface area (Å²) >= 11 is 6.28. The van der Waals surface area contributed by atoms with Crippen LogP contribution in [-0.2, 0) is 10.0 Å². The van der Waals surface area contributed by atoms with Crippen LogP contribution in [0.2, 0.25) is 5.15 Å². The Balaban J connectivity index is 1.95. The lowest BCUT2D eigenvalue weighted by molar-refractivity contribution is 0.0981. The van der Waals surface area contributed by atoms with Crippen LogP contribution in [0.1, 0.15) is 16.1 Å². The lowest BCUT2D eigenvalue weighted by Gasteiger charge is -2.07. The van der Waals surface area contributed by atoms with Crippen molar-refractivity contribution in [2.24, 2.45) is 0 Å². The molecule has 6 nitrogen and oxygen atoms in total. The zero-order chi connectivity index (χ0) is 18.0. The Morgan fingerprint density at radius 2 is 1.60 bits per heavy atom. The third-order valence-electron chi connectivity index (χ3n) is 3.51. The summed E-state index contributed by atoms with van der Waals surface area (Å²) in [5.41, 5.74) is 1.01. The number of para-hydroxylation sites is 1. The molecule has 0 fully saturated rings. The highest BCUT2D eigenvalue weighted by atomic mass is 35.5. The predicted molar refractivity (Wildman–Crippen MR) is 94.4 cm³/mol. The van der Waals surface area contributed by atoms with Crippen molar-refractivity contribution >= 4 is 27.5 Å². The molecule has 0 saturated heterocycles. The summed E-state index contributed by atoms with van der Waals surface area (Å²) in [4.78, 5) is 12.5. The SMILES string of the molecule is Cc1nn(-c2ccccc2)c(Cl)c1C(=O)NS(=O)(=O)c1ccccc1. The Morgan fingerprint density at radius 1 is 1.04 bits per heavy atom. The molecule has 0 bridgehead atoms. The second-order valence-electron chi connectivity index (χ2n) is 5.25. The van der Waals surface area contributed by atoms with Crippen LogP contribution in [0.5, 0.6) is 0 Å². The van der Waals surface area contributed by atoms with Crippen molar-refractivity contribution in [1.82, 2.24) is 14.5 Å². The first kappa shape index (κ1) is 17.2. The van der Waals surface area contributed by atoms with Crippen molar-refractivity contribution in [3.8, 4) is 5.69 Å². The van der Waals surface area contributed by atoms with Crippen LogP contribution in [0.15, 0.2) is 65.6 Å². The first-order valence-corrected chi connectivity index (χ1v) is 9.19. The van der Waals surface area contributed by atoms with E-state index < -0.39 is 15.9 Å². The van der Waals surface area contributed by atoms with Crippen molar-refractivity contribution in [1.29, 1.82) is 0 Å². The van der Waals surface area contributed by atoms with E-state index in [1.807, 2.05) is 22.9 Å². The van der Waals surface area contributed by atoms with Gasteiger partial charge in [-0.15, -0.1) is 0 Å². The third kappa shape index (κ3) is 3.42. The minimum absolute atomic E-state index is 0.00687. The van der Waals surface area contributed by atoms with Gasteiger partial charge in [-0.1, -0.05) is 48.0 Å². The number of halogens is 1. The molecule has 128 valence electrons. The first-order chi connectivity index (χ1) is 11.9. The summed E-state index contributed by atoms with van der Waals surface area (Å²) < 4.78 is 28.0. The van der Waals surface area contributed by atoms with E-state index in [-0.39, 0.29) is 15.6 Å². The number of rotatable bonds is 4. The highest BCUT2D eigenvalue weighted by molar-refractivity contribution is 7.90. The molecular weight excluding hydrogens is 362 g/mol. The van der Waals surface area contributed by atoms with E-state index in [9.17, 15) is 13.2 Å². The molecule has 0 unspecified atom stereocenters. The van der Waals surface area contributed by atoms with Gasteiger partial charge >= 0.3 is 0 Å². The largest absolute Gasteiger partial charge is 0.270 e. The number of amides is 1. The molecule has 1 amide bonds. The fourth-order valence-corrected chi connectivity index (χ4v) is 3.67. The lowest BCUT2D eigenvalue weighted by Crippen LogP contribution is -2.31. The first-order valence-electron chi connectivity index (χ1n) is 7.33. The summed E-state index contributed by atoms with van der Waals surface area (Å²) in [6, 6.07) is 16.6. The van der Waals surface area contributed by atoms with E-state index in [2.05, 4.69) is 5.10 Å². The molecule has 0 aliphatic heterocycles. The second kappa shape index (κ2) is 6.70. The van der Waals surface area contributed by atoms with Gasteiger partial charge < -0.3 is 0 Å². The number of benzene rings is 2. The number of nitrogens with zero attached hydrogens (tertiary/aromatic N) is 2. The van der Waals surface area contributed by atoms with Crippen LogP contribution < -0.4 is 4.72 Å². The minimum atomic E-state index is -3.99. The van der Waals surface area contributed by atoms with Crippen LogP contribution in [-0.4, -0.2) is 24.1 Å². The normalized spacial score (nSPS) is 11.3. The van der Waals surface area contributed by atoms with Crippen molar-refractivity contribution in [3.05, 3.63) is 77.1 Å². The van der Waals surface area contributed by atoms with Crippen LogP contribution in [0.25, 0.3) is 5.69 Å². The average Bonchev–Trinajstić information content (AvgIpc) is 2.90. The molecule has 1 heterocycles. The molecule has 0 spiro atoms. The molecule has 1 aromatic heterocycles. The average molecular weight is 376 g/mol. The highest BCUT2D eigenvalue weighted by Gasteiger charge is 2.25. The van der Waals surface area contributed by atoms with Gasteiger partial charge in [-0.2, -0.15) is 5.10 Å². The monoisotopic (exact) mass is 375 g/mol. The van der Waals surface area contributed by atoms with E-state index in [0.717, 1.165) is 0 Å². The lowest BCUT2D eigenvalue weighted by atomic mass is 10.2. The van der Waals surface area contributed by atoms with Gasteiger partial charge in [0.2, 0.25) is 0 Å². The van der Waals surface area contributed by atoms with Crippen LogP contribution >= 0.6 is 11.6 Å². The Hall–Kier alpha value is -2.64. The molecule has 0 aliphatic rings. The summed E-state index contributed by atoms with van der Waals surface area (Å²) in [7, 11) is -3.99. The maximum Gasteiger partial charge on any atom is 0.270 e. The third-order valence-corrected chi connectivity index (χ3v) is 5.21. The standard InChI is InChI=1S/C17H14ClN3O3S/c1-12-15(16(18)21(19-12)13-8-4-2-5-9-13)17(22)20-25(23,24)14-10-6-3-7-11-14/h2-11H,1H3,(H,20,22). The van der Waals surface area contributed by atoms with E-state index in [4.69, 9.17) is 11.6 Å². The zero-order valence-electron chi connectivity index (χ0n) is 13.2. The number of aromatic nitrogens is 2. The quantitative estimate of drug-likeness (QED) is 0.760. The smallest absolute Gasteiger partial charge is 0.268 e. The molecule has 0 radical (unpaired) electrons. The van der Waals surface area contributed by atoms with Gasteiger partial charge in [0.25, 0.3) is 15.9 Å². The Morgan fingerprint density at radius 3 is 2.20 bits per heavy atom. The molecule has 0 atom stereocenters. The molecule has 0 aliphatic carbocycles. The maximum absolute atomic E-state index is 12.5. The Bertz CT molecular complexity index is 1020. The van der Waals surface area contributed by atoms with Gasteiger partial charge in [0.05, 0.1) is 16.3 Å². The van der Waals surface area contributed by atoms with Gasteiger partial charge in [-0.25, -0.2) is 17.8 Å². The van der Waals surface area contributed by atoms with Gasteiger partial charge in [0.15, 0.2) is 0 Å². The fourth-order valence-electron chi connectivity index (χ4n) is 2.33. The van der Waals surface area contributed by atoms with E-state index in [1.165, 1.54) is 16.8 Å². The summed E-state index contributed by atoms with van der Waals surface area (Å²) in [6.45, 7) is 1.59. The number of sulfonamides is 1. The minimum Gasteiger partial charge on any atom is -0.268 e. The van der Waals surface area contributed by atoms with Crippen molar-refractivity contribution in [2.75, 3.05) is 0 Å². The number of hydrogen-bond donors (Lipinski definition) is 1. The number of carbonyl (C=O) groups is 1.